The molecule has 2 atom stereocenters. The number of ether oxygens (including phenoxy) is 1. The first kappa shape index (κ1) is 13.5. The van der Waals surface area contributed by atoms with E-state index in [2.05, 4.69) is 0 Å². The number of hydrogen-bond donors (Lipinski definition) is 1. The topological polar surface area (TPSA) is 49.8 Å². The van der Waals surface area contributed by atoms with Crippen LogP contribution in [0.4, 0.5) is 0 Å². The Morgan fingerprint density at radius 3 is 2.69 bits per heavy atom. The monoisotopic (exact) mass is 229 g/mol. The zero-order valence-electron chi connectivity index (χ0n) is 10.5. The predicted octanol–water partition coefficient (Wildman–Crippen LogP) is 1.03. The van der Waals surface area contributed by atoms with Crippen molar-refractivity contribution in [1.29, 1.82) is 0 Å². The van der Waals surface area contributed by atoms with Gasteiger partial charge in [-0.25, -0.2) is 0 Å². The standard InChI is InChI=1S/C12H23NO3/c1-9(2)13(6-4-7-14)12(15)11-5-8-16-10(11)3/h9-11,14H,4-8H2,1-3H3. The predicted molar refractivity (Wildman–Crippen MR) is 62.1 cm³/mol. The molecule has 0 bridgehead atoms. The van der Waals surface area contributed by atoms with Crippen LogP contribution in [0, 0.1) is 5.92 Å². The highest BCUT2D eigenvalue weighted by molar-refractivity contribution is 5.80. The summed E-state index contributed by atoms with van der Waals surface area (Å²) in [6.45, 7) is 7.43. The maximum Gasteiger partial charge on any atom is 0.228 e. The van der Waals surface area contributed by atoms with Crippen LogP contribution in [0.1, 0.15) is 33.6 Å². The van der Waals surface area contributed by atoms with Gasteiger partial charge in [-0.05, 0) is 33.6 Å². The minimum absolute atomic E-state index is 0.00101. The Bertz CT molecular complexity index is 230. The normalized spacial score (nSPS) is 25.1. The van der Waals surface area contributed by atoms with E-state index in [9.17, 15) is 4.79 Å². The van der Waals surface area contributed by atoms with Crippen molar-refractivity contribution in [3.63, 3.8) is 0 Å². The molecule has 2 unspecified atom stereocenters. The van der Waals surface area contributed by atoms with Crippen molar-refractivity contribution in [2.75, 3.05) is 19.8 Å². The molecular weight excluding hydrogens is 206 g/mol. The second kappa shape index (κ2) is 6.21. The summed E-state index contributed by atoms with van der Waals surface area (Å²) in [5, 5.41) is 8.83. The van der Waals surface area contributed by atoms with Gasteiger partial charge >= 0.3 is 0 Å². The molecule has 1 heterocycles. The van der Waals surface area contributed by atoms with Crippen LogP contribution in [0.5, 0.6) is 0 Å². The second-order valence-corrected chi connectivity index (χ2v) is 4.67. The van der Waals surface area contributed by atoms with E-state index in [-0.39, 0.29) is 30.6 Å². The highest BCUT2D eigenvalue weighted by Gasteiger charge is 2.34. The number of amides is 1. The Morgan fingerprint density at radius 1 is 1.56 bits per heavy atom. The van der Waals surface area contributed by atoms with Crippen LogP contribution in [0.25, 0.3) is 0 Å². The van der Waals surface area contributed by atoms with Crippen LogP contribution in [0.15, 0.2) is 0 Å². The second-order valence-electron chi connectivity index (χ2n) is 4.67. The Labute approximate surface area is 97.6 Å². The van der Waals surface area contributed by atoms with Crippen LogP contribution in [0.2, 0.25) is 0 Å². The molecule has 1 aliphatic heterocycles. The van der Waals surface area contributed by atoms with Gasteiger partial charge in [0, 0.05) is 25.8 Å². The van der Waals surface area contributed by atoms with Crippen molar-refractivity contribution in [2.45, 2.75) is 45.8 Å². The highest BCUT2D eigenvalue weighted by atomic mass is 16.5. The third-order valence-corrected chi connectivity index (χ3v) is 3.16. The number of hydrogen-bond acceptors (Lipinski definition) is 3. The van der Waals surface area contributed by atoms with Crippen molar-refractivity contribution in [3.8, 4) is 0 Å². The van der Waals surface area contributed by atoms with E-state index < -0.39 is 0 Å². The van der Waals surface area contributed by atoms with Gasteiger partial charge in [0.1, 0.15) is 0 Å². The molecule has 0 saturated carbocycles. The van der Waals surface area contributed by atoms with Crippen LogP contribution >= 0.6 is 0 Å². The highest BCUT2D eigenvalue weighted by Crippen LogP contribution is 2.23. The molecule has 4 heteroatoms. The molecule has 0 radical (unpaired) electrons. The molecule has 1 fully saturated rings. The molecule has 16 heavy (non-hydrogen) atoms. The largest absolute Gasteiger partial charge is 0.396 e. The maximum absolute atomic E-state index is 12.3. The fourth-order valence-corrected chi connectivity index (χ4v) is 2.13. The number of rotatable bonds is 5. The Morgan fingerprint density at radius 2 is 2.25 bits per heavy atom. The lowest BCUT2D eigenvalue weighted by molar-refractivity contribution is -0.138. The van der Waals surface area contributed by atoms with E-state index in [0.29, 0.717) is 19.6 Å². The lowest BCUT2D eigenvalue weighted by atomic mass is 10.00. The van der Waals surface area contributed by atoms with Gasteiger partial charge in [-0.3, -0.25) is 4.79 Å². The lowest BCUT2D eigenvalue weighted by Crippen LogP contribution is -2.43. The van der Waals surface area contributed by atoms with Gasteiger partial charge in [-0.2, -0.15) is 0 Å². The van der Waals surface area contributed by atoms with Crippen molar-refractivity contribution in [3.05, 3.63) is 0 Å². The number of nitrogens with zero attached hydrogens (tertiary/aromatic N) is 1. The molecule has 1 N–H and O–H groups in total. The van der Waals surface area contributed by atoms with Crippen LogP contribution in [-0.4, -0.2) is 47.8 Å². The van der Waals surface area contributed by atoms with Gasteiger partial charge in [-0.1, -0.05) is 0 Å². The van der Waals surface area contributed by atoms with Crippen molar-refractivity contribution in [2.24, 2.45) is 5.92 Å². The number of aliphatic hydroxyl groups is 1. The van der Waals surface area contributed by atoms with Gasteiger partial charge in [0.25, 0.3) is 0 Å². The van der Waals surface area contributed by atoms with Crippen molar-refractivity contribution in [1.82, 2.24) is 4.90 Å². The van der Waals surface area contributed by atoms with Gasteiger partial charge in [0.2, 0.25) is 5.91 Å². The molecule has 0 aliphatic carbocycles. The summed E-state index contributed by atoms with van der Waals surface area (Å²) in [6, 6.07) is 0.187. The summed E-state index contributed by atoms with van der Waals surface area (Å²) in [7, 11) is 0. The van der Waals surface area contributed by atoms with E-state index in [1.54, 1.807) is 0 Å². The summed E-state index contributed by atoms with van der Waals surface area (Å²) in [6.07, 6.45) is 1.50. The zero-order valence-corrected chi connectivity index (χ0v) is 10.5. The number of aliphatic hydroxyl groups excluding tert-OH is 1. The first-order valence-corrected chi connectivity index (χ1v) is 6.11. The van der Waals surface area contributed by atoms with E-state index in [1.807, 2.05) is 25.7 Å². The molecule has 1 aliphatic rings. The SMILES string of the molecule is CC1OCCC1C(=O)N(CCCO)C(C)C. The van der Waals surface area contributed by atoms with E-state index >= 15 is 0 Å². The van der Waals surface area contributed by atoms with Gasteiger partial charge < -0.3 is 14.7 Å². The molecule has 1 amide bonds. The summed E-state index contributed by atoms with van der Waals surface area (Å²) in [4.78, 5) is 14.1. The first-order valence-electron chi connectivity index (χ1n) is 6.11. The zero-order chi connectivity index (χ0) is 12.1. The van der Waals surface area contributed by atoms with E-state index in [1.165, 1.54) is 0 Å². The third kappa shape index (κ3) is 3.19. The van der Waals surface area contributed by atoms with E-state index in [0.717, 1.165) is 6.42 Å². The molecule has 1 rings (SSSR count). The summed E-state index contributed by atoms with van der Waals surface area (Å²) >= 11 is 0. The molecule has 4 nitrogen and oxygen atoms in total. The van der Waals surface area contributed by atoms with Crippen LogP contribution in [0.3, 0.4) is 0 Å². The average Bonchev–Trinajstić information content (AvgIpc) is 2.64. The third-order valence-electron chi connectivity index (χ3n) is 3.16. The van der Waals surface area contributed by atoms with Crippen LogP contribution < -0.4 is 0 Å². The summed E-state index contributed by atoms with van der Waals surface area (Å²) < 4.78 is 5.42. The van der Waals surface area contributed by atoms with Crippen molar-refractivity contribution < 1.29 is 14.6 Å². The fourth-order valence-electron chi connectivity index (χ4n) is 2.13. The molecule has 0 aromatic rings. The first-order chi connectivity index (χ1) is 7.57. The Hall–Kier alpha value is -0.610. The molecule has 94 valence electrons. The maximum atomic E-state index is 12.3. The molecular formula is C12H23NO3. The lowest BCUT2D eigenvalue weighted by Gasteiger charge is -2.30. The van der Waals surface area contributed by atoms with Gasteiger partial charge in [0.15, 0.2) is 0 Å². The van der Waals surface area contributed by atoms with Gasteiger partial charge in [-0.15, -0.1) is 0 Å². The van der Waals surface area contributed by atoms with Crippen molar-refractivity contribution >= 4 is 5.91 Å². The smallest absolute Gasteiger partial charge is 0.228 e. The molecule has 0 spiro atoms. The summed E-state index contributed by atoms with van der Waals surface area (Å²) in [5.41, 5.74) is 0. The molecule has 0 aromatic heterocycles. The fraction of sp³-hybridized carbons (Fsp3) is 0.917. The van der Waals surface area contributed by atoms with Crippen LogP contribution in [-0.2, 0) is 9.53 Å². The average molecular weight is 229 g/mol. The Kier molecular flexibility index (Phi) is 5.22. The number of carbonyl (C=O) groups excluding carboxylic acids is 1. The van der Waals surface area contributed by atoms with E-state index in [4.69, 9.17) is 9.84 Å². The number of carbonyl (C=O) groups is 1. The molecule has 0 aromatic carbocycles. The minimum Gasteiger partial charge on any atom is -0.396 e. The summed E-state index contributed by atoms with van der Waals surface area (Å²) in [5.74, 6) is 0.176. The van der Waals surface area contributed by atoms with Gasteiger partial charge in [0.05, 0.1) is 12.0 Å². The minimum atomic E-state index is 0.00101. The quantitative estimate of drug-likeness (QED) is 0.766. The molecule has 1 saturated heterocycles. The Balaban J connectivity index is 2.59.